The zero-order valence-corrected chi connectivity index (χ0v) is 12.0. The zero-order chi connectivity index (χ0) is 16.0. The van der Waals surface area contributed by atoms with Crippen LogP contribution in [0.1, 0.15) is 30.6 Å². The quantitative estimate of drug-likeness (QED) is 0.737. The monoisotopic (exact) mass is 293 g/mol. The molecule has 3 amide bonds. The van der Waals surface area contributed by atoms with Crippen LogP contribution in [0.2, 0.25) is 0 Å². The van der Waals surface area contributed by atoms with Crippen LogP contribution in [-0.2, 0) is 4.79 Å². The summed E-state index contributed by atoms with van der Waals surface area (Å²) < 4.78 is 0. The summed E-state index contributed by atoms with van der Waals surface area (Å²) in [5.74, 6) is -1.25. The summed E-state index contributed by atoms with van der Waals surface area (Å²) in [6, 6.07) is 5.48. The molecule has 0 unspecified atom stereocenters. The molecule has 114 valence electrons. The molecule has 0 bridgehead atoms. The Balaban J connectivity index is 2.92. The van der Waals surface area contributed by atoms with E-state index in [1.807, 2.05) is 13.8 Å². The van der Waals surface area contributed by atoms with Crippen LogP contribution in [0.4, 0.5) is 10.5 Å². The van der Waals surface area contributed by atoms with Gasteiger partial charge in [-0.15, -0.1) is 0 Å². The lowest BCUT2D eigenvalue weighted by molar-refractivity contribution is -0.137. The van der Waals surface area contributed by atoms with Gasteiger partial charge in [-0.2, -0.15) is 0 Å². The highest BCUT2D eigenvalue weighted by Crippen LogP contribution is 2.14. The number of primary amides is 1. The number of nitrogens with two attached hydrogens (primary N) is 1. The van der Waals surface area contributed by atoms with E-state index in [2.05, 4.69) is 5.32 Å². The number of nitrogens with one attached hydrogen (secondary N) is 1. The van der Waals surface area contributed by atoms with Crippen molar-refractivity contribution in [2.45, 2.75) is 26.3 Å². The summed E-state index contributed by atoms with van der Waals surface area (Å²) in [6.07, 6.45) is -0.122. The molecule has 7 heteroatoms. The van der Waals surface area contributed by atoms with Crippen molar-refractivity contribution in [3.05, 3.63) is 29.8 Å². The molecular weight excluding hydrogens is 274 g/mol. The normalized spacial score (nSPS) is 10.2. The fourth-order valence-corrected chi connectivity index (χ4v) is 1.85. The predicted molar refractivity (Wildman–Crippen MR) is 78.1 cm³/mol. The van der Waals surface area contributed by atoms with Gasteiger partial charge < -0.3 is 21.1 Å². The third kappa shape index (κ3) is 5.13. The average Bonchev–Trinajstić information content (AvgIpc) is 2.37. The van der Waals surface area contributed by atoms with Crippen LogP contribution in [0.5, 0.6) is 0 Å². The topological polar surface area (TPSA) is 113 Å². The first kappa shape index (κ1) is 16.5. The Labute approximate surface area is 122 Å². The fourth-order valence-electron chi connectivity index (χ4n) is 1.85. The van der Waals surface area contributed by atoms with E-state index in [1.54, 1.807) is 18.2 Å². The van der Waals surface area contributed by atoms with Gasteiger partial charge in [0.15, 0.2) is 0 Å². The number of amides is 3. The molecular formula is C14H19N3O4. The molecule has 0 heterocycles. The number of benzene rings is 1. The molecule has 0 saturated carbocycles. The van der Waals surface area contributed by atoms with Crippen LogP contribution in [0.25, 0.3) is 0 Å². The number of nitrogens with zero attached hydrogens (tertiary/aromatic N) is 1. The van der Waals surface area contributed by atoms with Crippen molar-refractivity contribution >= 4 is 23.6 Å². The molecule has 0 atom stereocenters. The molecule has 7 nitrogen and oxygen atoms in total. The molecule has 0 aliphatic heterocycles. The number of rotatable bonds is 6. The van der Waals surface area contributed by atoms with Gasteiger partial charge in [0.1, 0.15) is 0 Å². The van der Waals surface area contributed by atoms with Crippen LogP contribution in [0.15, 0.2) is 24.3 Å². The third-order valence-electron chi connectivity index (χ3n) is 2.83. The highest BCUT2D eigenvalue weighted by Gasteiger charge is 2.19. The first-order valence-electron chi connectivity index (χ1n) is 6.50. The maximum Gasteiger partial charge on any atom is 0.316 e. The summed E-state index contributed by atoms with van der Waals surface area (Å²) in [5, 5.41) is 11.1. The molecule has 0 aliphatic carbocycles. The Hall–Kier alpha value is -2.57. The van der Waals surface area contributed by atoms with E-state index >= 15 is 0 Å². The van der Waals surface area contributed by atoms with Gasteiger partial charge in [0.2, 0.25) is 0 Å². The van der Waals surface area contributed by atoms with Crippen molar-refractivity contribution in [1.82, 2.24) is 4.90 Å². The number of hydrogen-bond donors (Lipinski definition) is 3. The van der Waals surface area contributed by atoms with Crippen molar-refractivity contribution in [1.29, 1.82) is 0 Å². The summed E-state index contributed by atoms with van der Waals surface area (Å²) >= 11 is 0. The van der Waals surface area contributed by atoms with Crippen molar-refractivity contribution in [3.63, 3.8) is 0 Å². The molecule has 4 N–H and O–H groups in total. The second-order valence-electron chi connectivity index (χ2n) is 4.81. The molecule has 1 aromatic carbocycles. The van der Waals surface area contributed by atoms with Crippen molar-refractivity contribution in [3.8, 4) is 0 Å². The van der Waals surface area contributed by atoms with Gasteiger partial charge in [-0.25, -0.2) is 4.79 Å². The number of carboxylic acids is 1. The third-order valence-corrected chi connectivity index (χ3v) is 2.83. The van der Waals surface area contributed by atoms with Crippen LogP contribution >= 0.6 is 0 Å². The molecule has 21 heavy (non-hydrogen) atoms. The van der Waals surface area contributed by atoms with Gasteiger partial charge in [-0.05, 0) is 32.0 Å². The minimum atomic E-state index is -0.961. The maximum atomic E-state index is 12.4. The molecule has 1 rings (SSSR count). The highest BCUT2D eigenvalue weighted by molar-refractivity contribution is 5.97. The van der Waals surface area contributed by atoms with E-state index in [-0.39, 0.29) is 24.9 Å². The minimum absolute atomic E-state index is 0.122. The maximum absolute atomic E-state index is 12.4. The molecule has 1 aromatic rings. The molecule has 0 radical (unpaired) electrons. The van der Waals surface area contributed by atoms with E-state index in [9.17, 15) is 14.4 Å². The summed E-state index contributed by atoms with van der Waals surface area (Å²) in [6.45, 7) is 3.75. The van der Waals surface area contributed by atoms with Crippen LogP contribution in [0, 0.1) is 0 Å². The van der Waals surface area contributed by atoms with Gasteiger partial charge in [0.25, 0.3) is 5.91 Å². The Morgan fingerprint density at radius 1 is 1.33 bits per heavy atom. The lowest BCUT2D eigenvalue weighted by atomic mass is 10.1. The number of carbonyl (C=O) groups excluding carboxylic acids is 2. The standard InChI is InChI=1S/C14H19N3O4/c1-9(2)17(7-6-12(18)19)13(20)10-4-3-5-11(8-10)16-14(15)21/h3-5,8-9H,6-7H2,1-2H3,(H,18,19)(H3,15,16,21). The number of hydrogen-bond acceptors (Lipinski definition) is 3. The van der Waals surface area contributed by atoms with Crippen LogP contribution in [0.3, 0.4) is 0 Å². The molecule has 0 saturated heterocycles. The van der Waals surface area contributed by atoms with Gasteiger partial charge >= 0.3 is 12.0 Å². The number of carbonyl (C=O) groups is 3. The molecule has 0 aromatic heterocycles. The van der Waals surface area contributed by atoms with Crippen molar-refractivity contribution < 1.29 is 19.5 Å². The highest BCUT2D eigenvalue weighted by atomic mass is 16.4. The van der Waals surface area contributed by atoms with Crippen molar-refractivity contribution in [2.24, 2.45) is 5.73 Å². The number of aliphatic carboxylic acids is 1. The summed E-state index contributed by atoms with van der Waals surface area (Å²) in [5.41, 5.74) is 5.80. The first-order chi connectivity index (χ1) is 9.81. The Bertz CT molecular complexity index is 543. The second-order valence-corrected chi connectivity index (χ2v) is 4.81. The lowest BCUT2D eigenvalue weighted by Gasteiger charge is -2.26. The number of urea groups is 1. The Morgan fingerprint density at radius 2 is 2.00 bits per heavy atom. The van der Waals surface area contributed by atoms with E-state index < -0.39 is 12.0 Å². The zero-order valence-electron chi connectivity index (χ0n) is 12.0. The smallest absolute Gasteiger partial charge is 0.316 e. The second kappa shape index (κ2) is 7.28. The van der Waals surface area contributed by atoms with Gasteiger partial charge in [-0.3, -0.25) is 9.59 Å². The van der Waals surface area contributed by atoms with E-state index in [0.29, 0.717) is 11.3 Å². The largest absolute Gasteiger partial charge is 0.481 e. The number of carboxylic acid groups (broad SMARTS) is 1. The average molecular weight is 293 g/mol. The molecule has 0 spiro atoms. The van der Waals surface area contributed by atoms with Gasteiger partial charge in [-0.1, -0.05) is 6.07 Å². The Morgan fingerprint density at radius 3 is 2.52 bits per heavy atom. The molecule has 0 fully saturated rings. The SMILES string of the molecule is CC(C)N(CCC(=O)O)C(=O)c1cccc(NC(N)=O)c1. The van der Waals surface area contributed by atoms with Gasteiger partial charge in [0.05, 0.1) is 6.42 Å². The van der Waals surface area contributed by atoms with E-state index in [0.717, 1.165) is 0 Å². The van der Waals surface area contributed by atoms with Crippen molar-refractivity contribution in [2.75, 3.05) is 11.9 Å². The lowest BCUT2D eigenvalue weighted by Crippen LogP contribution is -2.38. The summed E-state index contributed by atoms with van der Waals surface area (Å²) in [4.78, 5) is 35.4. The van der Waals surface area contributed by atoms with Gasteiger partial charge in [0, 0.05) is 23.8 Å². The van der Waals surface area contributed by atoms with Crippen LogP contribution in [-0.4, -0.2) is 40.5 Å². The fraction of sp³-hybridized carbons (Fsp3) is 0.357. The van der Waals surface area contributed by atoms with E-state index in [1.165, 1.54) is 11.0 Å². The van der Waals surface area contributed by atoms with Crippen LogP contribution < -0.4 is 11.1 Å². The predicted octanol–water partition coefficient (Wildman–Crippen LogP) is 1.50. The number of anilines is 1. The summed E-state index contributed by atoms with van der Waals surface area (Å²) in [7, 11) is 0. The van der Waals surface area contributed by atoms with E-state index in [4.69, 9.17) is 10.8 Å². The first-order valence-corrected chi connectivity index (χ1v) is 6.50. The Kier molecular flexibility index (Phi) is 5.71. The minimum Gasteiger partial charge on any atom is -0.481 e. The molecule has 0 aliphatic rings.